The Morgan fingerprint density at radius 1 is 0.913 bits per heavy atom. The predicted molar refractivity (Wildman–Crippen MR) is 90.7 cm³/mol. The number of nitrogens with one attached hydrogen (secondary N) is 2. The summed E-state index contributed by atoms with van der Waals surface area (Å²) in [6, 6.07) is 15.4. The molecular weight excluding hydrogens is 292 g/mol. The monoisotopic (exact) mass is 312 g/mol. The van der Waals surface area contributed by atoms with Crippen LogP contribution in [0.4, 0.5) is 16.2 Å². The average Bonchev–Trinajstić information content (AvgIpc) is 2.56. The van der Waals surface area contributed by atoms with Gasteiger partial charge in [-0.3, -0.25) is 0 Å². The fraction of sp³-hybridized carbons (Fsp3) is 0.222. The molecule has 0 spiro atoms. The highest BCUT2D eigenvalue weighted by Gasteiger charge is 2.07. The normalized spacial score (nSPS) is 9.96. The summed E-state index contributed by atoms with van der Waals surface area (Å²) >= 11 is 0. The van der Waals surface area contributed by atoms with Crippen LogP contribution in [0.3, 0.4) is 0 Å². The first-order valence-electron chi connectivity index (χ1n) is 7.59. The van der Waals surface area contributed by atoms with E-state index < -0.39 is 0 Å². The molecule has 2 aromatic carbocycles. The van der Waals surface area contributed by atoms with Gasteiger partial charge >= 0.3 is 12.0 Å². The molecule has 0 atom stereocenters. The summed E-state index contributed by atoms with van der Waals surface area (Å²) in [4.78, 5) is 23.6. The molecule has 0 radical (unpaired) electrons. The van der Waals surface area contributed by atoms with Crippen molar-refractivity contribution < 1.29 is 14.3 Å². The van der Waals surface area contributed by atoms with Crippen LogP contribution in [0.5, 0.6) is 0 Å². The summed E-state index contributed by atoms with van der Waals surface area (Å²) in [7, 11) is 0. The van der Waals surface area contributed by atoms with Crippen LogP contribution >= 0.6 is 0 Å². The van der Waals surface area contributed by atoms with E-state index in [1.807, 2.05) is 25.1 Å². The molecule has 2 N–H and O–H groups in total. The fourth-order valence-corrected chi connectivity index (χ4v) is 1.90. The van der Waals surface area contributed by atoms with Crippen LogP contribution in [0.25, 0.3) is 0 Å². The Morgan fingerprint density at radius 2 is 1.52 bits per heavy atom. The molecule has 5 nitrogen and oxygen atoms in total. The molecule has 2 amide bonds. The fourth-order valence-electron chi connectivity index (χ4n) is 1.90. The summed E-state index contributed by atoms with van der Waals surface area (Å²) in [5, 5.41) is 5.43. The summed E-state index contributed by atoms with van der Waals surface area (Å²) < 4.78 is 5.13. The number of unbranched alkanes of at least 4 members (excludes halogenated alkanes) is 1. The second kappa shape index (κ2) is 8.58. The molecule has 0 saturated carbocycles. The van der Waals surface area contributed by atoms with Crippen molar-refractivity contribution >= 4 is 23.4 Å². The van der Waals surface area contributed by atoms with Gasteiger partial charge in [0.25, 0.3) is 0 Å². The molecule has 23 heavy (non-hydrogen) atoms. The number of urea groups is 1. The number of esters is 1. The van der Waals surface area contributed by atoms with Crippen molar-refractivity contribution in [2.24, 2.45) is 0 Å². The highest BCUT2D eigenvalue weighted by Crippen LogP contribution is 2.12. The third kappa shape index (κ3) is 5.47. The first kappa shape index (κ1) is 16.5. The molecule has 0 bridgehead atoms. The van der Waals surface area contributed by atoms with Crippen molar-refractivity contribution in [3.63, 3.8) is 0 Å². The molecule has 0 saturated heterocycles. The zero-order valence-electron chi connectivity index (χ0n) is 13.0. The molecule has 0 unspecified atom stereocenters. The Kier molecular flexibility index (Phi) is 6.17. The maximum Gasteiger partial charge on any atom is 0.338 e. The van der Waals surface area contributed by atoms with E-state index >= 15 is 0 Å². The minimum atomic E-state index is -0.348. The lowest BCUT2D eigenvalue weighted by molar-refractivity contribution is 0.0500. The maximum absolute atomic E-state index is 11.9. The van der Waals surface area contributed by atoms with Crippen molar-refractivity contribution in [2.45, 2.75) is 19.8 Å². The number of ether oxygens (including phenoxy) is 1. The summed E-state index contributed by atoms with van der Waals surface area (Å²) in [5.41, 5.74) is 1.78. The number of carbonyl (C=O) groups is 2. The number of para-hydroxylation sites is 1. The highest BCUT2D eigenvalue weighted by molar-refractivity contribution is 6.00. The van der Waals surface area contributed by atoms with Crippen molar-refractivity contribution in [3.05, 3.63) is 60.2 Å². The quantitative estimate of drug-likeness (QED) is 0.617. The second-order valence-corrected chi connectivity index (χ2v) is 5.01. The Labute approximate surface area is 135 Å². The molecule has 0 aliphatic carbocycles. The average molecular weight is 312 g/mol. The van der Waals surface area contributed by atoms with Gasteiger partial charge in [-0.15, -0.1) is 0 Å². The first-order valence-corrected chi connectivity index (χ1v) is 7.59. The molecule has 0 aromatic heterocycles. The lowest BCUT2D eigenvalue weighted by Crippen LogP contribution is -2.19. The Bertz CT molecular complexity index is 639. The molecule has 5 heteroatoms. The maximum atomic E-state index is 11.9. The zero-order chi connectivity index (χ0) is 16.5. The van der Waals surface area contributed by atoms with Crippen LogP contribution in [-0.2, 0) is 4.74 Å². The lowest BCUT2D eigenvalue weighted by Gasteiger charge is -2.08. The van der Waals surface area contributed by atoms with Crippen molar-refractivity contribution in [1.29, 1.82) is 0 Å². The van der Waals surface area contributed by atoms with Gasteiger partial charge < -0.3 is 15.4 Å². The Balaban J connectivity index is 1.87. The van der Waals surface area contributed by atoms with Gasteiger partial charge in [-0.1, -0.05) is 31.5 Å². The van der Waals surface area contributed by atoms with Gasteiger partial charge in [0.15, 0.2) is 0 Å². The molecule has 0 aliphatic heterocycles. The number of hydrogen-bond donors (Lipinski definition) is 2. The van der Waals surface area contributed by atoms with Gasteiger partial charge in [-0.25, -0.2) is 9.59 Å². The second-order valence-electron chi connectivity index (χ2n) is 5.01. The third-order valence-corrected chi connectivity index (χ3v) is 3.14. The van der Waals surface area contributed by atoms with E-state index in [9.17, 15) is 9.59 Å². The van der Waals surface area contributed by atoms with Crippen LogP contribution in [0.2, 0.25) is 0 Å². The molecular formula is C18H20N2O3. The van der Waals surface area contributed by atoms with E-state index in [0.717, 1.165) is 12.8 Å². The third-order valence-electron chi connectivity index (χ3n) is 3.14. The molecule has 0 fully saturated rings. The molecule has 2 rings (SSSR count). The summed E-state index contributed by atoms with van der Waals surface area (Å²) in [6.45, 7) is 2.46. The van der Waals surface area contributed by atoms with Crippen molar-refractivity contribution in [2.75, 3.05) is 17.2 Å². The van der Waals surface area contributed by atoms with Crippen LogP contribution in [0, 0.1) is 0 Å². The van der Waals surface area contributed by atoms with Crippen molar-refractivity contribution in [1.82, 2.24) is 0 Å². The van der Waals surface area contributed by atoms with E-state index in [4.69, 9.17) is 4.74 Å². The summed E-state index contributed by atoms with van der Waals surface area (Å²) in [6.07, 6.45) is 1.83. The minimum absolute atomic E-state index is 0.338. The number of anilines is 2. The van der Waals surface area contributed by atoms with Gasteiger partial charge in [0.05, 0.1) is 12.2 Å². The zero-order valence-corrected chi connectivity index (χ0v) is 13.0. The van der Waals surface area contributed by atoms with E-state index in [0.29, 0.717) is 23.5 Å². The molecule has 120 valence electrons. The van der Waals surface area contributed by atoms with Crippen LogP contribution in [0.1, 0.15) is 30.1 Å². The van der Waals surface area contributed by atoms with Crippen LogP contribution in [-0.4, -0.2) is 18.6 Å². The highest BCUT2D eigenvalue weighted by atomic mass is 16.5. The van der Waals surface area contributed by atoms with Crippen LogP contribution < -0.4 is 10.6 Å². The molecule has 0 aliphatic rings. The molecule has 2 aromatic rings. The number of amides is 2. The van der Waals surface area contributed by atoms with Gasteiger partial charge in [0, 0.05) is 11.4 Å². The van der Waals surface area contributed by atoms with E-state index in [1.54, 1.807) is 36.4 Å². The topological polar surface area (TPSA) is 67.4 Å². The largest absolute Gasteiger partial charge is 0.462 e. The summed E-state index contributed by atoms with van der Waals surface area (Å²) in [5.74, 6) is -0.348. The van der Waals surface area contributed by atoms with E-state index in [-0.39, 0.29) is 12.0 Å². The number of carbonyl (C=O) groups excluding carboxylic acids is 2. The van der Waals surface area contributed by atoms with Gasteiger partial charge in [-0.05, 0) is 42.8 Å². The van der Waals surface area contributed by atoms with E-state index in [1.165, 1.54) is 0 Å². The smallest absolute Gasteiger partial charge is 0.338 e. The molecule has 0 heterocycles. The van der Waals surface area contributed by atoms with Gasteiger partial charge in [0.2, 0.25) is 0 Å². The predicted octanol–water partition coefficient (Wildman–Crippen LogP) is 4.29. The van der Waals surface area contributed by atoms with Crippen LogP contribution in [0.15, 0.2) is 54.6 Å². The SMILES string of the molecule is CCCCOC(=O)c1ccc(NC(=O)Nc2ccccc2)cc1. The minimum Gasteiger partial charge on any atom is -0.462 e. The lowest BCUT2D eigenvalue weighted by atomic mass is 10.2. The number of rotatable bonds is 6. The Hall–Kier alpha value is -2.82. The standard InChI is InChI=1S/C18H20N2O3/c1-2-3-13-23-17(21)14-9-11-16(12-10-14)20-18(22)19-15-7-5-4-6-8-15/h4-12H,2-3,13H2,1H3,(H2,19,20,22). The number of hydrogen-bond acceptors (Lipinski definition) is 3. The Morgan fingerprint density at radius 3 is 2.13 bits per heavy atom. The van der Waals surface area contributed by atoms with E-state index in [2.05, 4.69) is 10.6 Å². The first-order chi connectivity index (χ1) is 11.2. The van der Waals surface area contributed by atoms with Gasteiger partial charge in [0.1, 0.15) is 0 Å². The van der Waals surface area contributed by atoms with Crippen molar-refractivity contribution in [3.8, 4) is 0 Å². The van der Waals surface area contributed by atoms with Gasteiger partial charge in [-0.2, -0.15) is 0 Å². The number of benzene rings is 2.